The maximum absolute atomic E-state index is 12.5. The summed E-state index contributed by atoms with van der Waals surface area (Å²) in [6.07, 6.45) is -3.73. The zero-order chi connectivity index (χ0) is 18.7. The lowest BCUT2D eigenvalue weighted by Crippen LogP contribution is -2.16. The first-order valence-electron chi connectivity index (χ1n) is 6.91. The number of nitriles is 1. The van der Waals surface area contributed by atoms with Crippen LogP contribution >= 0.6 is 0 Å². The van der Waals surface area contributed by atoms with Crippen molar-refractivity contribution in [3.63, 3.8) is 0 Å². The summed E-state index contributed by atoms with van der Waals surface area (Å²) in [6.45, 7) is 1.79. The van der Waals surface area contributed by atoms with E-state index in [-0.39, 0.29) is 10.5 Å². The van der Waals surface area contributed by atoms with Crippen LogP contribution in [0.25, 0.3) is 6.08 Å². The second-order valence-electron chi connectivity index (χ2n) is 5.05. The van der Waals surface area contributed by atoms with E-state index in [9.17, 15) is 26.9 Å². The largest absolute Gasteiger partial charge is 0.573 e. The molecule has 0 heterocycles. The molecule has 2 rings (SSSR count). The van der Waals surface area contributed by atoms with Gasteiger partial charge in [0, 0.05) is 0 Å². The van der Waals surface area contributed by atoms with Gasteiger partial charge in [0.05, 0.1) is 4.90 Å². The lowest BCUT2D eigenvalue weighted by atomic mass is 10.2. The molecule has 0 atom stereocenters. The van der Waals surface area contributed by atoms with Crippen molar-refractivity contribution in [1.82, 2.24) is 0 Å². The van der Waals surface area contributed by atoms with Crippen LogP contribution in [0.3, 0.4) is 0 Å². The molecule has 130 valence electrons. The molecule has 0 saturated heterocycles. The van der Waals surface area contributed by atoms with Crippen molar-refractivity contribution in [2.45, 2.75) is 18.2 Å². The van der Waals surface area contributed by atoms with E-state index in [0.29, 0.717) is 0 Å². The summed E-state index contributed by atoms with van der Waals surface area (Å²) in [5.41, 5.74) is 1.11. The average molecular weight is 367 g/mol. The molecule has 2 aromatic carbocycles. The number of nitrogens with zero attached hydrogens (tertiary/aromatic N) is 1. The molecule has 8 heteroatoms. The van der Waals surface area contributed by atoms with Crippen LogP contribution in [0.4, 0.5) is 13.2 Å². The highest BCUT2D eigenvalue weighted by Gasteiger charge is 2.31. The van der Waals surface area contributed by atoms with E-state index in [1.165, 1.54) is 24.3 Å². The Kier molecular flexibility index (Phi) is 5.18. The molecular weight excluding hydrogens is 355 g/mol. The number of ether oxygens (including phenoxy) is 1. The summed E-state index contributed by atoms with van der Waals surface area (Å²) < 4.78 is 65.0. The molecule has 25 heavy (non-hydrogen) atoms. The molecule has 0 radical (unpaired) electrons. The third kappa shape index (κ3) is 4.84. The lowest BCUT2D eigenvalue weighted by Gasteiger charge is -2.08. The van der Waals surface area contributed by atoms with Gasteiger partial charge in [0.15, 0.2) is 0 Å². The molecule has 0 saturated carbocycles. The highest BCUT2D eigenvalue weighted by molar-refractivity contribution is 7.95. The minimum Gasteiger partial charge on any atom is -0.406 e. The molecule has 0 spiro atoms. The van der Waals surface area contributed by atoms with Gasteiger partial charge in [-0.3, -0.25) is 0 Å². The third-order valence-corrected chi connectivity index (χ3v) is 4.82. The molecule has 0 amide bonds. The van der Waals surface area contributed by atoms with Gasteiger partial charge in [0.1, 0.15) is 16.7 Å². The van der Waals surface area contributed by atoms with E-state index >= 15 is 0 Å². The Hall–Kier alpha value is -2.79. The zero-order valence-corrected chi connectivity index (χ0v) is 13.7. The zero-order valence-electron chi connectivity index (χ0n) is 12.9. The molecule has 2 aromatic rings. The van der Waals surface area contributed by atoms with Crippen molar-refractivity contribution in [3.05, 3.63) is 64.6 Å². The first-order chi connectivity index (χ1) is 11.6. The van der Waals surface area contributed by atoms with Crippen LogP contribution in [0.1, 0.15) is 11.1 Å². The number of allylic oxidation sites excluding steroid dienone is 1. The van der Waals surface area contributed by atoms with Crippen LogP contribution in [0.2, 0.25) is 0 Å². The Bertz CT molecular complexity index is 923. The molecule has 4 nitrogen and oxygen atoms in total. The maximum atomic E-state index is 12.5. The van der Waals surface area contributed by atoms with E-state index in [0.717, 1.165) is 23.8 Å². The van der Waals surface area contributed by atoms with Crippen molar-refractivity contribution in [2.75, 3.05) is 0 Å². The summed E-state index contributed by atoms with van der Waals surface area (Å²) in [6, 6.07) is 12.1. The normalized spacial score (nSPS) is 12.5. The Balaban J connectivity index is 2.34. The molecule has 0 bridgehead atoms. The fourth-order valence-electron chi connectivity index (χ4n) is 1.93. The van der Waals surface area contributed by atoms with E-state index in [4.69, 9.17) is 0 Å². The van der Waals surface area contributed by atoms with E-state index in [1.807, 2.05) is 0 Å². The number of hydrogen-bond acceptors (Lipinski definition) is 4. The number of alkyl halides is 3. The van der Waals surface area contributed by atoms with Gasteiger partial charge in [-0.1, -0.05) is 29.8 Å². The monoisotopic (exact) mass is 367 g/mol. The van der Waals surface area contributed by atoms with E-state index in [1.54, 1.807) is 25.1 Å². The van der Waals surface area contributed by atoms with Gasteiger partial charge < -0.3 is 4.74 Å². The molecule has 0 N–H and O–H groups in total. The Morgan fingerprint density at radius 3 is 2.12 bits per heavy atom. The molecule has 0 aliphatic rings. The van der Waals surface area contributed by atoms with Crippen molar-refractivity contribution < 1.29 is 26.3 Å². The van der Waals surface area contributed by atoms with Gasteiger partial charge >= 0.3 is 6.36 Å². The third-order valence-electron chi connectivity index (χ3n) is 3.14. The van der Waals surface area contributed by atoms with Crippen LogP contribution in [0.15, 0.2) is 58.3 Å². The standard InChI is InChI=1S/C17H12F3NO3S/c1-12-2-8-15(9-3-12)25(22,23)16(11-21)10-13-4-6-14(7-5-13)24-17(18,19)20/h2-10H,1H3/b16-10+. The van der Waals surface area contributed by atoms with Gasteiger partial charge in [-0.25, -0.2) is 8.42 Å². The predicted octanol–water partition coefficient (Wildman–Crippen LogP) is 4.23. The molecular formula is C17H12F3NO3S. The minimum absolute atomic E-state index is 0.0390. The number of halogens is 3. The summed E-state index contributed by atoms with van der Waals surface area (Å²) in [7, 11) is -4.02. The van der Waals surface area contributed by atoms with Crippen LogP contribution in [-0.2, 0) is 9.84 Å². The first-order valence-corrected chi connectivity index (χ1v) is 8.39. The number of hydrogen-bond donors (Lipinski definition) is 0. The number of aryl methyl sites for hydroxylation is 1. The fourth-order valence-corrected chi connectivity index (χ4v) is 3.09. The van der Waals surface area contributed by atoms with Crippen molar-refractivity contribution in [3.8, 4) is 11.8 Å². The Morgan fingerprint density at radius 2 is 1.64 bits per heavy atom. The molecule has 0 aliphatic carbocycles. The molecule has 0 fully saturated rings. The quantitative estimate of drug-likeness (QED) is 0.759. The number of sulfone groups is 1. The SMILES string of the molecule is Cc1ccc(S(=O)(=O)/C(C#N)=C/c2ccc(OC(F)(F)F)cc2)cc1. The van der Waals surface area contributed by atoms with E-state index in [2.05, 4.69) is 4.74 Å². The second-order valence-corrected chi connectivity index (χ2v) is 6.97. The summed E-state index contributed by atoms with van der Waals surface area (Å²) in [5.74, 6) is -0.440. The van der Waals surface area contributed by atoms with Gasteiger partial charge in [-0.15, -0.1) is 13.2 Å². The van der Waals surface area contributed by atoms with Crippen LogP contribution in [-0.4, -0.2) is 14.8 Å². The number of benzene rings is 2. The smallest absolute Gasteiger partial charge is 0.406 e. The van der Waals surface area contributed by atoms with Gasteiger partial charge in [0.25, 0.3) is 0 Å². The van der Waals surface area contributed by atoms with Gasteiger partial charge in [-0.2, -0.15) is 5.26 Å². The van der Waals surface area contributed by atoms with Gasteiger partial charge in [-0.05, 0) is 42.8 Å². The summed E-state index contributed by atoms with van der Waals surface area (Å²) in [5, 5.41) is 9.18. The van der Waals surface area contributed by atoms with Crippen molar-refractivity contribution in [1.29, 1.82) is 5.26 Å². The maximum Gasteiger partial charge on any atom is 0.573 e. The summed E-state index contributed by atoms with van der Waals surface area (Å²) >= 11 is 0. The highest BCUT2D eigenvalue weighted by atomic mass is 32.2. The minimum atomic E-state index is -4.82. The molecule has 0 unspecified atom stereocenters. The van der Waals surface area contributed by atoms with Crippen molar-refractivity contribution >= 4 is 15.9 Å². The predicted molar refractivity (Wildman–Crippen MR) is 85.1 cm³/mol. The lowest BCUT2D eigenvalue weighted by molar-refractivity contribution is -0.274. The average Bonchev–Trinajstić information content (AvgIpc) is 2.53. The fraction of sp³-hybridized carbons (Fsp3) is 0.118. The van der Waals surface area contributed by atoms with Crippen molar-refractivity contribution in [2.24, 2.45) is 0 Å². The highest BCUT2D eigenvalue weighted by Crippen LogP contribution is 2.25. The summed E-state index contributed by atoms with van der Waals surface area (Å²) in [4.78, 5) is -0.552. The van der Waals surface area contributed by atoms with Crippen LogP contribution in [0, 0.1) is 18.3 Å². The molecule has 0 aromatic heterocycles. The Labute approximate surface area is 142 Å². The first kappa shape index (κ1) is 18.5. The molecule has 0 aliphatic heterocycles. The second kappa shape index (κ2) is 6.99. The van der Waals surface area contributed by atoms with E-state index < -0.39 is 26.9 Å². The Morgan fingerprint density at radius 1 is 1.08 bits per heavy atom. The van der Waals surface area contributed by atoms with Crippen LogP contribution in [0.5, 0.6) is 5.75 Å². The van der Waals surface area contributed by atoms with Gasteiger partial charge in [0.2, 0.25) is 9.84 Å². The van der Waals surface area contributed by atoms with Crippen LogP contribution < -0.4 is 4.74 Å². The number of rotatable bonds is 4. The topological polar surface area (TPSA) is 67.2 Å².